The average Bonchev–Trinajstić information content (AvgIpc) is 3.16. The number of rotatable bonds is 3. The highest BCUT2D eigenvalue weighted by atomic mass is 32.1. The van der Waals surface area contributed by atoms with Crippen molar-refractivity contribution in [1.29, 1.82) is 0 Å². The molecule has 31 heavy (non-hydrogen) atoms. The van der Waals surface area contributed by atoms with Crippen LogP contribution in [0.4, 0.5) is 0 Å². The molecule has 0 unspecified atom stereocenters. The Morgan fingerprint density at radius 1 is 1.19 bits per heavy atom. The third-order valence-electron chi connectivity index (χ3n) is 6.75. The second-order valence-corrected chi connectivity index (χ2v) is 9.94. The Morgan fingerprint density at radius 2 is 1.94 bits per heavy atom. The summed E-state index contributed by atoms with van der Waals surface area (Å²) in [5.74, 6) is 1.49. The van der Waals surface area contributed by atoms with Crippen LogP contribution in [0.15, 0.2) is 35.1 Å². The summed E-state index contributed by atoms with van der Waals surface area (Å²) < 4.78 is 0. The fraction of sp³-hybridized carbons (Fsp3) is 0.458. The van der Waals surface area contributed by atoms with E-state index >= 15 is 0 Å². The van der Waals surface area contributed by atoms with Crippen LogP contribution >= 0.6 is 11.3 Å². The minimum Gasteiger partial charge on any atom is -0.336 e. The zero-order chi connectivity index (χ0) is 21.5. The van der Waals surface area contributed by atoms with Crippen molar-refractivity contribution in [3.8, 4) is 0 Å². The predicted molar refractivity (Wildman–Crippen MR) is 124 cm³/mol. The number of carbonyl (C=O) groups excluding carboxylic acids is 1. The molecule has 7 heteroatoms. The number of fused-ring (bicyclic) bond motifs is 3. The van der Waals surface area contributed by atoms with E-state index in [1.807, 2.05) is 35.2 Å². The quantitative estimate of drug-likeness (QED) is 0.681. The molecule has 1 fully saturated rings. The number of amides is 1. The second-order valence-electron chi connectivity index (χ2n) is 8.85. The topological polar surface area (TPSA) is 69.3 Å². The molecular weight excluding hydrogens is 408 g/mol. The highest BCUT2D eigenvalue weighted by Crippen LogP contribution is 2.36. The summed E-state index contributed by atoms with van der Waals surface area (Å²) in [5.41, 5.74) is 1.95. The number of hydrogen-bond acceptors (Lipinski definition) is 5. The summed E-state index contributed by atoms with van der Waals surface area (Å²) >= 11 is 1.70. The number of benzene rings is 1. The largest absolute Gasteiger partial charge is 0.336 e. The molecule has 1 N–H and O–H groups in total. The molecule has 3 heterocycles. The van der Waals surface area contributed by atoms with Gasteiger partial charge < -0.3 is 9.88 Å². The predicted octanol–water partition coefficient (Wildman–Crippen LogP) is 3.63. The van der Waals surface area contributed by atoms with Crippen molar-refractivity contribution in [3.63, 3.8) is 0 Å². The molecule has 162 valence electrons. The third kappa shape index (κ3) is 3.81. The molecule has 0 saturated carbocycles. The standard InChI is InChI=1S/C24H28N4O2S/c1-15-8-9-18-19(14-15)31-23-20(18)22(29)25-21(26-23)16(2)27-10-12-28(13-11-27)24(30)17-6-4-3-5-7-17/h3-7,15-16H,8-14H2,1-2H3,(H,25,26,29)/t15-,16-/m0/s1. The lowest BCUT2D eigenvalue weighted by Gasteiger charge is -2.37. The van der Waals surface area contributed by atoms with E-state index in [1.165, 1.54) is 10.4 Å². The number of nitrogens with zero attached hydrogens (tertiary/aromatic N) is 3. The first kappa shape index (κ1) is 20.4. The molecule has 2 atom stereocenters. The molecule has 0 spiro atoms. The minimum absolute atomic E-state index is 0.00297. The van der Waals surface area contributed by atoms with E-state index in [0.717, 1.165) is 54.0 Å². The maximum absolute atomic E-state index is 12.9. The van der Waals surface area contributed by atoms with Crippen molar-refractivity contribution in [2.75, 3.05) is 26.2 Å². The lowest BCUT2D eigenvalue weighted by molar-refractivity contribution is 0.0575. The monoisotopic (exact) mass is 436 g/mol. The molecule has 3 aromatic rings. The Balaban J connectivity index is 1.32. The normalized spacial score (nSPS) is 20.6. The van der Waals surface area contributed by atoms with Gasteiger partial charge in [-0.05, 0) is 49.8 Å². The van der Waals surface area contributed by atoms with Crippen LogP contribution in [0.3, 0.4) is 0 Å². The zero-order valence-electron chi connectivity index (χ0n) is 18.1. The van der Waals surface area contributed by atoms with Crippen LogP contribution in [0.2, 0.25) is 0 Å². The number of aromatic amines is 1. The lowest BCUT2D eigenvalue weighted by atomic mass is 9.89. The maximum atomic E-state index is 12.9. The fourth-order valence-corrected chi connectivity index (χ4v) is 6.20. The Bertz CT molecular complexity index is 1160. The first-order valence-electron chi connectivity index (χ1n) is 11.1. The molecule has 0 radical (unpaired) electrons. The SMILES string of the molecule is C[C@H]1CCc2c(sc3nc([C@H](C)N4CCN(C(=O)c5ccccc5)CC4)[nH]c(=O)c23)C1. The van der Waals surface area contributed by atoms with Gasteiger partial charge in [0, 0.05) is 36.6 Å². The summed E-state index contributed by atoms with van der Waals surface area (Å²) in [7, 11) is 0. The number of aryl methyl sites for hydroxylation is 1. The van der Waals surface area contributed by atoms with Crippen molar-refractivity contribution < 1.29 is 4.79 Å². The molecule has 1 aliphatic heterocycles. The van der Waals surface area contributed by atoms with Gasteiger partial charge in [0.25, 0.3) is 11.5 Å². The number of nitrogens with one attached hydrogen (secondary N) is 1. The first-order chi connectivity index (χ1) is 15.0. The fourth-order valence-electron chi connectivity index (χ4n) is 4.81. The van der Waals surface area contributed by atoms with Gasteiger partial charge in [-0.3, -0.25) is 14.5 Å². The van der Waals surface area contributed by atoms with Gasteiger partial charge >= 0.3 is 0 Å². The molecule has 1 amide bonds. The van der Waals surface area contributed by atoms with Crippen molar-refractivity contribution in [2.24, 2.45) is 5.92 Å². The number of H-pyrrole nitrogens is 1. The average molecular weight is 437 g/mol. The summed E-state index contributed by atoms with van der Waals surface area (Å²) in [6, 6.07) is 9.44. The van der Waals surface area contributed by atoms with Crippen LogP contribution in [0.25, 0.3) is 10.2 Å². The van der Waals surface area contributed by atoms with Crippen LogP contribution in [-0.4, -0.2) is 51.9 Å². The highest BCUT2D eigenvalue weighted by Gasteiger charge is 2.28. The first-order valence-corrected chi connectivity index (χ1v) is 12.0. The molecule has 1 saturated heterocycles. The van der Waals surface area contributed by atoms with Crippen LogP contribution in [0.5, 0.6) is 0 Å². The highest BCUT2D eigenvalue weighted by molar-refractivity contribution is 7.18. The van der Waals surface area contributed by atoms with E-state index in [1.54, 1.807) is 11.3 Å². The zero-order valence-corrected chi connectivity index (χ0v) is 18.9. The van der Waals surface area contributed by atoms with Gasteiger partial charge in [-0.2, -0.15) is 0 Å². The van der Waals surface area contributed by atoms with E-state index in [4.69, 9.17) is 4.98 Å². The van der Waals surface area contributed by atoms with Crippen molar-refractivity contribution in [1.82, 2.24) is 19.8 Å². The Labute approximate surface area is 185 Å². The van der Waals surface area contributed by atoms with Gasteiger partial charge in [-0.15, -0.1) is 11.3 Å². The molecule has 5 rings (SSSR count). The van der Waals surface area contributed by atoms with E-state index in [-0.39, 0.29) is 17.5 Å². The van der Waals surface area contributed by atoms with E-state index < -0.39 is 0 Å². The van der Waals surface area contributed by atoms with Crippen LogP contribution in [0, 0.1) is 5.92 Å². The third-order valence-corrected chi connectivity index (χ3v) is 7.90. The van der Waals surface area contributed by atoms with Gasteiger partial charge in [0.15, 0.2) is 0 Å². The van der Waals surface area contributed by atoms with Gasteiger partial charge in [-0.25, -0.2) is 4.98 Å². The number of aromatic nitrogens is 2. The number of hydrogen-bond donors (Lipinski definition) is 1. The molecule has 6 nitrogen and oxygen atoms in total. The van der Waals surface area contributed by atoms with E-state index in [9.17, 15) is 9.59 Å². The van der Waals surface area contributed by atoms with Crippen molar-refractivity contribution in [3.05, 3.63) is 62.5 Å². The van der Waals surface area contributed by atoms with Crippen LogP contribution < -0.4 is 5.56 Å². The van der Waals surface area contributed by atoms with E-state index in [2.05, 4.69) is 23.7 Å². The molecular formula is C24H28N4O2S. The summed E-state index contributed by atoms with van der Waals surface area (Å²) in [6.45, 7) is 7.25. The lowest BCUT2D eigenvalue weighted by Crippen LogP contribution is -2.49. The van der Waals surface area contributed by atoms with Gasteiger partial charge in [-0.1, -0.05) is 25.1 Å². The van der Waals surface area contributed by atoms with Crippen molar-refractivity contribution in [2.45, 2.75) is 39.2 Å². The molecule has 1 aliphatic carbocycles. The number of piperazine rings is 1. The smallest absolute Gasteiger partial charge is 0.259 e. The molecule has 2 aliphatic rings. The van der Waals surface area contributed by atoms with Crippen molar-refractivity contribution >= 4 is 27.5 Å². The molecule has 1 aromatic carbocycles. The number of thiophene rings is 1. The second kappa shape index (κ2) is 8.20. The summed E-state index contributed by atoms with van der Waals surface area (Å²) in [6.07, 6.45) is 3.17. The van der Waals surface area contributed by atoms with Gasteiger partial charge in [0.05, 0.1) is 11.4 Å². The Morgan fingerprint density at radius 3 is 2.68 bits per heavy atom. The molecule has 0 bridgehead atoms. The Hall–Kier alpha value is -2.51. The minimum atomic E-state index is -0.00297. The maximum Gasteiger partial charge on any atom is 0.259 e. The summed E-state index contributed by atoms with van der Waals surface area (Å²) in [5, 5.41) is 0.807. The Kier molecular flexibility index (Phi) is 5.40. The number of carbonyl (C=O) groups is 1. The summed E-state index contributed by atoms with van der Waals surface area (Å²) in [4.78, 5) is 40.0. The van der Waals surface area contributed by atoms with Crippen LogP contribution in [-0.2, 0) is 12.8 Å². The molecule has 2 aromatic heterocycles. The van der Waals surface area contributed by atoms with Crippen LogP contribution in [0.1, 0.15) is 52.9 Å². The van der Waals surface area contributed by atoms with Gasteiger partial charge in [0.2, 0.25) is 0 Å². The van der Waals surface area contributed by atoms with Gasteiger partial charge in [0.1, 0.15) is 10.7 Å². The van der Waals surface area contributed by atoms with E-state index in [0.29, 0.717) is 19.0 Å².